The molecule has 15 atom stereocenters. The van der Waals surface area contributed by atoms with Crippen LogP contribution in [0.25, 0.3) is 23.1 Å². The van der Waals surface area contributed by atoms with E-state index in [1.807, 2.05) is 0 Å². The average molecular weight is 1480 g/mol. The van der Waals surface area contributed by atoms with Crippen LogP contribution in [0.1, 0.15) is 115 Å². The Morgan fingerprint density at radius 3 is 1.93 bits per heavy atom. The van der Waals surface area contributed by atoms with Gasteiger partial charge in [-0.3, -0.25) is 67.3 Å². The number of methoxy groups -OCH3 is 1. The summed E-state index contributed by atoms with van der Waals surface area (Å²) in [6, 6.07) is 5.46. The normalized spacial score (nSPS) is 24.8. The molecule has 12 amide bonds. The highest BCUT2D eigenvalue weighted by molar-refractivity contribution is 6.01. The number of allylic oxidation sites excluding steroid dienone is 1. The van der Waals surface area contributed by atoms with Gasteiger partial charge in [0.25, 0.3) is 5.91 Å². The molecule has 574 valence electrons. The number of para-hydroxylation sites is 1. The molecule has 7 rings (SSSR count). The van der Waals surface area contributed by atoms with Crippen LogP contribution in [0.15, 0.2) is 116 Å². The molecule has 0 aliphatic carbocycles. The summed E-state index contributed by atoms with van der Waals surface area (Å²) in [5, 5.41) is 84.7. The molecule has 0 spiro atoms. The molecule has 33 heteroatoms. The highest BCUT2D eigenvalue weighted by atomic mass is 16.5. The zero-order valence-electron chi connectivity index (χ0n) is 60.5. The summed E-state index contributed by atoms with van der Waals surface area (Å²) in [4.78, 5) is 195. The van der Waals surface area contributed by atoms with Crippen LogP contribution in [0.2, 0.25) is 0 Å². The minimum absolute atomic E-state index is 0.0271. The maximum atomic E-state index is 15.1. The van der Waals surface area contributed by atoms with Crippen molar-refractivity contribution in [2.75, 3.05) is 20.2 Å². The Hall–Kier alpha value is -11.4. The number of hydrogen-bond acceptors (Lipinski definition) is 19. The standard InChI is InChI=1S/C74H94N14O19/c1-10-18-42-21-16-31-75-48(42)29-30-53(89)82-56-40(7)78-69(100)57(60(91)38(4)5)85-64(95)50(33-37(2)3)81-71(102)72(103)87-65(96)51(34-45-35-76-49-23-15-14-22-47(45)49)80-70(101)58(61(92)44-25-27-46(107-9)28-26-44)86-66(97)52-24-17-32-88(52)73(104)59(62(93)43-19-12-11-13-20-43)83-54(90)36-77-67(98)55(39(6)74(105)106)84-63(94)41(8)79-68(56)99/h10-16,18-23,25-31,35,37-41,50-52,55-62,72,76,91-93,103H,17,24,32-34,36H2,1-9H3,(H,77,98)(H,78,100)(H,79,99)(H,80,101)(H,81,102)(H,82,89)(H,83,90)(H,84,94)(H,85,95)(H,86,97)(H,87,96)(H,105,106). The number of nitrogens with zero attached hydrogens (tertiary/aromatic N) is 2. The molecule has 17 N–H and O–H groups in total. The number of carboxylic acid groups (broad SMARTS) is 1. The molecule has 2 saturated heterocycles. The Bertz CT molecular complexity index is 4090. The summed E-state index contributed by atoms with van der Waals surface area (Å²) < 4.78 is 5.30. The van der Waals surface area contributed by atoms with Gasteiger partial charge in [-0.2, -0.15) is 0 Å². The zero-order valence-corrected chi connectivity index (χ0v) is 60.5. The van der Waals surface area contributed by atoms with E-state index in [1.54, 1.807) is 75.4 Å². The highest BCUT2D eigenvalue weighted by Gasteiger charge is 2.45. The molecule has 2 aliphatic rings. The van der Waals surface area contributed by atoms with Gasteiger partial charge in [0.2, 0.25) is 71.2 Å². The second-order valence-corrected chi connectivity index (χ2v) is 26.9. The molecule has 2 aliphatic heterocycles. The van der Waals surface area contributed by atoms with Crippen LogP contribution in [-0.4, -0.2) is 210 Å². The van der Waals surface area contributed by atoms with Gasteiger partial charge in [0.15, 0.2) is 0 Å². The first-order chi connectivity index (χ1) is 50.8. The Labute approximate surface area is 616 Å². The van der Waals surface area contributed by atoms with Gasteiger partial charge in [0.05, 0.1) is 37.4 Å². The van der Waals surface area contributed by atoms with Crippen LogP contribution in [0, 0.1) is 17.8 Å². The molecule has 0 bridgehead atoms. The topological polar surface area (TPSA) is 497 Å². The van der Waals surface area contributed by atoms with Crippen molar-refractivity contribution >= 4 is 99.9 Å². The molecule has 33 nitrogen and oxygen atoms in total. The van der Waals surface area contributed by atoms with Crippen LogP contribution < -0.4 is 63.2 Å². The van der Waals surface area contributed by atoms with Gasteiger partial charge in [0, 0.05) is 42.3 Å². The van der Waals surface area contributed by atoms with Gasteiger partial charge < -0.3 is 98.6 Å². The number of carbonyl (C=O) groups is 13. The van der Waals surface area contributed by atoms with Crippen LogP contribution >= 0.6 is 0 Å². The fraction of sp³-hybridized carbons (Fsp3) is 0.432. The average Bonchev–Trinajstić information content (AvgIpc) is 1.63. The van der Waals surface area contributed by atoms with Crippen molar-refractivity contribution in [3.63, 3.8) is 0 Å². The number of pyridine rings is 1. The summed E-state index contributed by atoms with van der Waals surface area (Å²) in [5.74, 6) is -18.3. The molecule has 15 unspecified atom stereocenters. The minimum atomic E-state index is -2.51. The largest absolute Gasteiger partial charge is 0.497 e. The van der Waals surface area contributed by atoms with Crippen molar-refractivity contribution in [2.24, 2.45) is 17.8 Å². The lowest BCUT2D eigenvalue weighted by molar-refractivity contribution is -0.146. The number of H-pyrrole nitrogens is 1. The molecule has 0 radical (unpaired) electrons. The molecule has 2 aromatic heterocycles. The van der Waals surface area contributed by atoms with E-state index in [4.69, 9.17) is 4.74 Å². The number of nitrogens with one attached hydrogen (secondary N) is 12. The molecule has 2 fully saturated rings. The van der Waals surface area contributed by atoms with E-state index in [0.717, 1.165) is 24.8 Å². The summed E-state index contributed by atoms with van der Waals surface area (Å²) in [6.07, 6.45) is 0.166. The minimum Gasteiger partial charge on any atom is -0.497 e. The van der Waals surface area contributed by atoms with Crippen molar-refractivity contribution in [2.45, 2.75) is 166 Å². The van der Waals surface area contributed by atoms with Crippen LogP contribution in [-0.2, 0) is 68.7 Å². The van der Waals surface area contributed by atoms with Gasteiger partial charge >= 0.3 is 5.97 Å². The molecule has 4 heterocycles. The summed E-state index contributed by atoms with van der Waals surface area (Å²) >= 11 is 0. The number of ether oxygens (including phenoxy) is 1. The fourth-order valence-electron chi connectivity index (χ4n) is 12.1. The number of rotatable bonds is 17. The number of aliphatic hydroxyl groups is 4. The number of aromatic nitrogens is 2. The Kier molecular flexibility index (Phi) is 29.9. The Morgan fingerprint density at radius 2 is 1.27 bits per heavy atom. The molecular weight excluding hydrogens is 1390 g/mol. The Balaban J connectivity index is 1.30. The van der Waals surface area contributed by atoms with E-state index in [2.05, 4.69) is 68.5 Å². The zero-order chi connectivity index (χ0) is 78.5. The van der Waals surface area contributed by atoms with Gasteiger partial charge in [-0.15, -0.1) is 0 Å². The molecule has 107 heavy (non-hydrogen) atoms. The number of amides is 12. The van der Waals surface area contributed by atoms with Crippen molar-refractivity contribution < 1.29 is 92.6 Å². The summed E-state index contributed by atoms with van der Waals surface area (Å²) in [7, 11) is 1.38. The van der Waals surface area contributed by atoms with E-state index in [1.165, 1.54) is 94.9 Å². The fourth-order valence-corrected chi connectivity index (χ4v) is 12.1. The number of carboxylic acids is 1. The smallest absolute Gasteiger partial charge is 0.308 e. The van der Waals surface area contributed by atoms with Crippen LogP contribution in [0.4, 0.5) is 0 Å². The van der Waals surface area contributed by atoms with Gasteiger partial charge in [0.1, 0.15) is 72.3 Å². The number of aliphatic carboxylic acids is 1. The van der Waals surface area contributed by atoms with Crippen LogP contribution in [0.3, 0.4) is 0 Å². The number of carbonyl (C=O) groups excluding carboxylic acids is 12. The van der Waals surface area contributed by atoms with Crippen LogP contribution in [0.5, 0.6) is 5.75 Å². The number of fused-ring (bicyclic) bond motifs is 2. The molecule has 0 saturated carbocycles. The summed E-state index contributed by atoms with van der Waals surface area (Å²) in [6.45, 7) is 10.3. The van der Waals surface area contributed by atoms with Crippen molar-refractivity contribution in [3.8, 4) is 5.75 Å². The lowest BCUT2D eigenvalue weighted by Crippen LogP contribution is -2.64. The maximum Gasteiger partial charge on any atom is 0.308 e. The van der Waals surface area contributed by atoms with E-state index in [9.17, 15) is 78.3 Å². The second kappa shape index (κ2) is 38.5. The van der Waals surface area contributed by atoms with Crippen molar-refractivity contribution in [1.82, 2.24) is 73.4 Å². The molecule has 3 aromatic carbocycles. The lowest BCUT2D eigenvalue weighted by atomic mass is 9.96. The number of aliphatic hydroxyl groups excluding tert-OH is 4. The Morgan fingerprint density at radius 1 is 0.645 bits per heavy atom. The van der Waals surface area contributed by atoms with E-state index in [-0.39, 0.29) is 36.9 Å². The first-order valence-electron chi connectivity index (χ1n) is 34.9. The first kappa shape index (κ1) is 82.9. The molecule has 5 aromatic rings. The highest BCUT2D eigenvalue weighted by Crippen LogP contribution is 2.27. The quantitative estimate of drug-likeness (QED) is 0.0500. The first-order valence-corrected chi connectivity index (χ1v) is 34.9. The third-order valence-corrected chi connectivity index (χ3v) is 18.1. The molecular formula is C74H94N14O19. The number of benzene rings is 3. The second-order valence-electron chi connectivity index (χ2n) is 26.9. The number of hydrogen-bond donors (Lipinski definition) is 17. The summed E-state index contributed by atoms with van der Waals surface area (Å²) in [5.41, 5.74) is 2.04. The third kappa shape index (κ3) is 22.3. The predicted molar refractivity (Wildman–Crippen MR) is 387 cm³/mol. The predicted octanol–water partition coefficient (Wildman–Crippen LogP) is -0.930. The van der Waals surface area contributed by atoms with E-state index < -0.39 is 193 Å². The van der Waals surface area contributed by atoms with E-state index >= 15 is 9.59 Å². The lowest BCUT2D eigenvalue weighted by Gasteiger charge is -2.33. The monoisotopic (exact) mass is 1480 g/mol. The van der Waals surface area contributed by atoms with Crippen molar-refractivity contribution in [1.29, 1.82) is 0 Å². The maximum absolute atomic E-state index is 15.1. The van der Waals surface area contributed by atoms with Gasteiger partial charge in [-0.1, -0.05) is 107 Å². The SMILES string of the molecule is CC=Cc1cccnc1C=CC(=O)NC1C(=O)NC(C)C(=O)NC(C(C)C(=O)O)C(=O)NCC(=O)NC(C(O)c2ccccc2)C(=O)N2CCCC2C(=O)NC(C(O)c2ccc(OC)cc2)C(=O)NC(Cc2c[nH]c3ccccc23)C(=O)NC(O)C(=O)NC(CC(C)C)C(=O)NC(C(O)C(C)C)C(=O)NC1C. The van der Waals surface area contributed by atoms with Gasteiger partial charge in [-0.05, 0) is 111 Å². The third-order valence-electron chi connectivity index (χ3n) is 18.1. The van der Waals surface area contributed by atoms with Crippen molar-refractivity contribution in [3.05, 3.63) is 143 Å². The number of aromatic amines is 1. The van der Waals surface area contributed by atoms with Gasteiger partial charge in [-0.25, -0.2) is 0 Å². The van der Waals surface area contributed by atoms with E-state index in [0.29, 0.717) is 33.5 Å².